The van der Waals surface area contributed by atoms with Gasteiger partial charge in [0.05, 0.1) is 45.6 Å². The number of H-pyrrole nitrogens is 2. The van der Waals surface area contributed by atoms with Gasteiger partial charge in [-0.25, -0.2) is 4.98 Å². The molecule has 0 radical (unpaired) electrons. The standard InChI is InChI=1S/C96H112N8O10S3/c1-12-14-15-24-51-114-63(7)87-61(5)77-56-76-60(4)71(91(101-76)74-55-83(105)88-62(6)78(102-92(74)88)57-79-70(13-2)59(3)75(99-79)58-80(87)100-77)41-46-86(106)97-47-20-21-48-98-94(107)68-33-28-34-69(54-68)115-93-66(39-44-84-95(8,9)89-72-35-18-16-29-64(72)37-42-81(89)103(84)49-22-25-52-116(108,109)110)31-27-32-67(93)40-45-85-96(10,11)90-73-36-19-17-30-65(73)38-43-82(90)104(85)50-23-26-53-117(111,112)113/h16-19,28-30,33-40,42-45,54,56-58,60,63,71H,12-15,20-27,31-32,41,46-53,55H2,1-11H3,(H5-,97,98,99,100,101,102,105,106,107,108,109,110,111,112,113)/p+1/t60-,63?,71-/m0/s1. The van der Waals surface area contributed by atoms with E-state index in [2.05, 4.69) is 202 Å². The van der Waals surface area contributed by atoms with Gasteiger partial charge in [-0.3, -0.25) is 28.5 Å². The molecule has 2 amide bonds. The van der Waals surface area contributed by atoms with Crippen LogP contribution in [-0.4, -0.2) is 118 Å². The Labute approximate surface area is 693 Å². The first-order valence-electron chi connectivity index (χ1n) is 42.2. The predicted octanol–water partition coefficient (Wildman–Crippen LogP) is 21.1. The molecule has 1 unspecified atom stereocenters. The first-order chi connectivity index (χ1) is 56.0. The quantitative estimate of drug-likeness (QED) is 0.0130. The number of rotatable bonds is 32. The molecule has 117 heavy (non-hydrogen) atoms. The molecule has 3 aromatic heterocycles. The smallest absolute Gasteiger partial charge is 0.264 e. The van der Waals surface area contributed by atoms with Gasteiger partial charge in [-0.1, -0.05) is 138 Å². The lowest BCUT2D eigenvalue weighted by Gasteiger charge is -2.28. The molecule has 614 valence electrons. The van der Waals surface area contributed by atoms with Crippen LogP contribution >= 0.6 is 11.8 Å². The van der Waals surface area contributed by atoms with E-state index < -0.39 is 31.1 Å². The maximum atomic E-state index is 14.3. The van der Waals surface area contributed by atoms with Crippen molar-refractivity contribution in [2.24, 2.45) is 0 Å². The predicted molar refractivity (Wildman–Crippen MR) is 476 cm³/mol. The van der Waals surface area contributed by atoms with E-state index in [1.807, 2.05) is 43.3 Å². The summed E-state index contributed by atoms with van der Waals surface area (Å²) in [6.45, 7) is 26.6. The molecule has 18 nitrogen and oxygen atoms in total. The lowest BCUT2D eigenvalue weighted by Crippen LogP contribution is -2.28. The Hall–Kier alpha value is -9.35. The molecule has 21 heteroatoms. The van der Waals surface area contributed by atoms with Crippen molar-refractivity contribution >= 4 is 121 Å². The molecule has 5 aromatic carbocycles. The molecule has 8 bridgehead atoms. The van der Waals surface area contributed by atoms with Crippen molar-refractivity contribution in [2.45, 2.75) is 219 Å². The van der Waals surface area contributed by atoms with Crippen molar-refractivity contribution in [3.63, 3.8) is 0 Å². The number of ketones is 1. The van der Waals surface area contributed by atoms with E-state index in [1.54, 1.807) is 11.8 Å². The zero-order valence-corrected chi connectivity index (χ0v) is 72.1. The molecular weight excluding hydrogens is 1520 g/mol. The number of benzene rings is 5. The normalized spacial score (nSPS) is 18.1. The van der Waals surface area contributed by atoms with Crippen LogP contribution in [0.2, 0.25) is 0 Å². The number of aromatic amines is 2. The number of nitrogens with zero attached hydrogens (tertiary/aromatic N) is 4. The number of carbonyl (C=O) groups excluding carboxylic acids is 3. The van der Waals surface area contributed by atoms with Crippen molar-refractivity contribution in [1.82, 2.24) is 30.6 Å². The SMILES string of the molecule is CCCCCCOC(C)c1c(C)c2cc3nc(c4c5[nH]c(cc6nc(cc1[nH]2)C(C)=C6CC)c(C)c5C(=O)C4)[C@@H](CCC(=O)NCCCCNC(=O)c1cccc(SC2=C(/C=C/C4=[N+](CCCCS(=O)(=O)O)c5ccc6ccccc6c5C4(C)C)CCC/C2=C\C=C2\N(CCCCS(=O)(=O)O)c4ccc5ccccc5c4C2(C)C)c1)[C@@H]3C. The van der Waals surface area contributed by atoms with E-state index in [1.165, 1.54) is 17.5 Å². The van der Waals surface area contributed by atoms with Gasteiger partial charge >= 0.3 is 0 Å². The number of fused-ring (bicyclic) bond motifs is 14. The third kappa shape index (κ3) is 17.9. The number of aryl methyl sites for hydroxylation is 2. The van der Waals surface area contributed by atoms with Crippen molar-refractivity contribution in [1.29, 1.82) is 0 Å². The highest BCUT2D eigenvalue weighted by atomic mass is 32.2. The fraction of sp³-hybridized carbons (Fsp3) is 0.417. The second kappa shape index (κ2) is 35.3. The number of anilines is 1. The van der Waals surface area contributed by atoms with Crippen LogP contribution in [0.1, 0.15) is 260 Å². The summed E-state index contributed by atoms with van der Waals surface area (Å²) in [6.07, 6.45) is 20.4. The first-order valence-corrected chi connectivity index (χ1v) is 46.2. The molecule has 0 saturated heterocycles. The second-order valence-corrected chi connectivity index (χ2v) is 37.9. The average Bonchev–Trinajstić information content (AvgIpc) is 1.58. The fourth-order valence-corrected chi connectivity index (χ4v) is 21.2. The minimum atomic E-state index is -4.14. The second-order valence-electron chi connectivity index (χ2n) is 33.7. The Morgan fingerprint density at radius 3 is 2.16 bits per heavy atom. The van der Waals surface area contributed by atoms with Crippen molar-refractivity contribution < 1.29 is 49.6 Å². The molecule has 0 fully saturated rings. The van der Waals surface area contributed by atoms with E-state index in [-0.39, 0.29) is 59.9 Å². The minimum Gasteiger partial charge on any atom is -0.374 e. The summed E-state index contributed by atoms with van der Waals surface area (Å²) in [5.41, 5.74) is 22.5. The number of hydrogen-bond acceptors (Lipinski definition) is 12. The van der Waals surface area contributed by atoms with Gasteiger partial charge in [0, 0.05) is 146 Å². The third-order valence-corrected chi connectivity index (χ3v) is 27.9. The molecule has 6 N–H and O–H groups in total. The van der Waals surface area contributed by atoms with Crippen LogP contribution in [0.5, 0.6) is 0 Å². The number of allylic oxidation sites excluding steroid dienone is 9. The monoisotopic (exact) mass is 1630 g/mol. The van der Waals surface area contributed by atoms with Crippen molar-refractivity contribution in [3.8, 4) is 0 Å². The highest BCUT2D eigenvalue weighted by Gasteiger charge is 2.46. The number of carbonyl (C=O) groups is 3. The zero-order valence-electron chi connectivity index (χ0n) is 69.7. The zero-order chi connectivity index (χ0) is 82.8. The number of thioether (sulfide) groups is 1. The maximum Gasteiger partial charge on any atom is 0.264 e. The first kappa shape index (κ1) is 84.1. The van der Waals surface area contributed by atoms with E-state index in [4.69, 9.17) is 14.7 Å². The van der Waals surface area contributed by atoms with Gasteiger partial charge < -0.3 is 30.2 Å². The Bertz CT molecular complexity index is 5890. The highest BCUT2D eigenvalue weighted by molar-refractivity contribution is 8.03. The Kier molecular flexibility index (Phi) is 25.4. The molecule has 6 aliphatic rings. The topological polar surface area (TPSA) is 257 Å². The molecule has 3 atom stereocenters. The van der Waals surface area contributed by atoms with Crippen LogP contribution in [0.25, 0.3) is 54.8 Å². The number of aromatic nitrogens is 4. The average molecular weight is 1640 g/mol. The van der Waals surface area contributed by atoms with Crippen LogP contribution in [0.3, 0.4) is 0 Å². The van der Waals surface area contributed by atoms with Gasteiger partial charge in [0.1, 0.15) is 6.54 Å². The van der Waals surface area contributed by atoms with Gasteiger partial charge in [0.2, 0.25) is 11.6 Å². The summed E-state index contributed by atoms with van der Waals surface area (Å²) < 4.78 is 76.2. The minimum absolute atomic E-state index is 0.0555. The van der Waals surface area contributed by atoms with Crippen molar-refractivity contribution in [2.75, 3.05) is 49.2 Å². The van der Waals surface area contributed by atoms with Gasteiger partial charge in [-0.2, -0.15) is 21.4 Å². The summed E-state index contributed by atoms with van der Waals surface area (Å²) in [6, 6.07) is 39.6. The summed E-state index contributed by atoms with van der Waals surface area (Å²) >= 11 is 1.64. The molecule has 2 aliphatic carbocycles. The highest BCUT2D eigenvalue weighted by Crippen LogP contribution is 2.53. The van der Waals surface area contributed by atoms with Crippen molar-refractivity contribution in [3.05, 3.63) is 229 Å². The van der Waals surface area contributed by atoms with Crippen LogP contribution < -0.4 is 15.5 Å². The number of hydrogen-bond donors (Lipinski definition) is 6. The third-order valence-electron chi connectivity index (χ3n) is 25.1. The van der Waals surface area contributed by atoms with Crippen LogP contribution in [0, 0.1) is 13.8 Å². The largest absolute Gasteiger partial charge is 0.374 e. The molecule has 8 aromatic rings. The molecule has 7 heterocycles. The molecular formula is C96H113N8O10S3+. The van der Waals surface area contributed by atoms with Gasteiger partial charge in [-0.15, -0.1) is 0 Å². The molecule has 0 spiro atoms. The summed E-state index contributed by atoms with van der Waals surface area (Å²) in [5, 5.41) is 10.9. The van der Waals surface area contributed by atoms with E-state index >= 15 is 0 Å². The van der Waals surface area contributed by atoms with Crippen LogP contribution in [0.15, 0.2) is 166 Å². The number of amides is 2. The Morgan fingerprint density at radius 2 is 1.43 bits per heavy atom. The van der Waals surface area contributed by atoms with E-state index in [0.717, 1.165) is 188 Å². The van der Waals surface area contributed by atoms with Gasteiger partial charge in [0.15, 0.2) is 11.5 Å². The summed E-state index contributed by atoms with van der Waals surface area (Å²) in [7, 11) is -8.29. The molecule has 4 aliphatic heterocycles. The lowest BCUT2D eigenvalue weighted by molar-refractivity contribution is -0.438. The fourth-order valence-electron chi connectivity index (χ4n) is 18.9. The summed E-state index contributed by atoms with van der Waals surface area (Å²) in [4.78, 5) is 65.1. The maximum absolute atomic E-state index is 14.3. The number of nitrogens with one attached hydrogen (secondary N) is 4. The van der Waals surface area contributed by atoms with E-state index in [9.17, 15) is 40.3 Å². The van der Waals surface area contributed by atoms with Gasteiger partial charge in [-0.05, 0) is 227 Å². The summed E-state index contributed by atoms with van der Waals surface area (Å²) in [5.74, 6) is -1.08. The van der Waals surface area contributed by atoms with Crippen LogP contribution in [-0.2, 0) is 47.0 Å². The van der Waals surface area contributed by atoms with Gasteiger partial charge in [0.25, 0.3) is 26.1 Å². The Balaban J connectivity index is 0.697. The molecule has 14 rings (SSSR count). The Morgan fingerprint density at radius 1 is 0.726 bits per heavy atom. The molecule has 0 saturated carbocycles. The van der Waals surface area contributed by atoms with E-state index in [0.29, 0.717) is 88.9 Å². The van der Waals surface area contributed by atoms with Crippen LogP contribution in [0.4, 0.5) is 11.4 Å². The number of unbranched alkanes of at least 4 members (excludes halogenated alkanes) is 6. The number of ether oxygens (including phenoxy) is 1. The lowest BCUT2D eigenvalue weighted by atomic mass is 9.78. The number of Topliss-reactive ketones (excluding diaryl/α,β-unsaturated/α-hetero) is 1.